The van der Waals surface area contributed by atoms with Crippen LogP contribution in [-0.4, -0.2) is 92.0 Å². The first-order valence-corrected chi connectivity index (χ1v) is 14.8. The SMILES string of the molecule is CN1CCN(c2ccc(C(=O)NC(C(=O)N3C[C@H](Cc4ccccc4)[C@H]4OCC(=O)[C@H]43)C3CCCC3)cc2)CC1. The van der Waals surface area contributed by atoms with Gasteiger partial charge in [-0.25, -0.2) is 0 Å². The van der Waals surface area contributed by atoms with E-state index in [1.807, 2.05) is 42.5 Å². The quantitative estimate of drug-likeness (QED) is 0.578. The maximum atomic E-state index is 14.2. The first kappa shape index (κ1) is 27.0. The summed E-state index contributed by atoms with van der Waals surface area (Å²) in [5.74, 6) is -0.292. The van der Waals surface area contributed by atoms with Crippen molar-refractivity contribution >= 4 is 23.3 Å². The molecule has 212 valence electrons. The van der Waals surface area contributed by atoms with Gasteiger partial charge in [-0.2, -0.15) is 0 Å². The van der Waals surface area contributed by atoms with Gasteiger partial charge in [0.2, 0.25) is 5.91 Å². The summed E-state index contributed by atoms with van der Waals surface area (Å²) in [5, 5.41) is 3.11. The topological polar surface area (TPSA) is 82.2 Å². The van der Waals surface area contributed by atoms with Crippen molar-refractivity contribution in [3.63, 3.8) is 0 Å². The van der Waals surface area contributed by atoms with Gasteiger partial charge in [0.15, 0.2) is 5.78 Å². The Balaban J connectivity index is 1.18. The second-order valence-corrected chi connectivity index (χ2v) is 12.0. The summed E-state index contributed by atoms with van der Waals surface area (Å²) in [7, 11) is 2.13. The number of fused-ring (bicyclic) bond motifs is 1. The number of hydrogen-bond acceptors (Lipinski definition) is 6. The molecule has 6 rings (SSSR count). The number of rotatable bonds is 7. The van der Waals surface area contributed by atoms with Crippen molar-refractivity contribution < 1.29 is 19.1 Å². The highest BCUT2D eigenvalue weighted by Gasteiger charge is 2.53. The van der Waals surface area contributed by atoms with Crippen LogP contribution in [0.5, 0.6) is 0 Å². The minimum absolute atomic E-state index is 0.0371. The van der Waals surface area contributed by atoms with Crippen molar-refractivity contribution in [3.8, 4) is 0 Å². The van der Waals surface area contributed by atoms with E-state index in [1.54, 1.807) is 4.90 Å². The number of ether oxygens (including phenoxy) is 1. The largest absolute Gasteiger partial charge is 0.369 e. The summed E-state index contributed by atoms with van der Waals surface area (Å²) in [6.45, 7) is 4.48. The maximum absolute atomic E-state index is 14.2. The molecule has 2 amide bonds. The van der Waals surface area contributed by atoms with Gasteiger partial charge in [0, 0.05) is 49.9 Å². The van der Waals surface area contributed by atoms with Crippen molar-refractivity contribution in [1.82, 2.24) is 15.1 Å². The first-order chi connectivity index (χ1) is 19.5. The Morgan fingerprint density at radius 2 is 1.68 bits per heavy atom. The standard InChI is InChI=1S/C32H40N4O4/c1-34-15-17-35(18-16-34)26-13-11-24(12-14-26)31(38)33-28(23-9-5-6-10-23)32(39)36-20-25(19-22-7-3-2-4-8-22)30-29(36)27(37)21-40-30/h2-4,7-8,11-14,23,25,28-30H,5-6,9-10,15-21H2,1H3,(H,33,38)/t25-,28?,29+,30+/m0/s1. The van der Waals surface area contributed by atoms with E-state index < -0.39 is 12.1 Å². The zero-order chi connectivity index (χ0) is 27.6. The van der Waals surface area contributed by atoms with Crippen LogP contribution in [0.1, 0.15) is 41.6 Å². The van der Waals surface area contributed by atoms with Gasteiger partial charge < -0.3 is 24.8 Å². The number of Topliss-reactive ketones (excluding diaryl/α,β-unsaturated/α-hetero) is 1. The molecule has 1 aliphatic carbocycles. The molecular formula is C32H40N4O4. The smallest absolute Gasteiger partial charge is 0.251 e. The fourth-order valence-corrected chi connectivity index (χ4v) is 7.04. The van der Waals surface area contributed by atoms with Gasteiger partial charge >= 0.3 is 0 Å². The number of likely N-dealkylation sites (N-methyl/N-ethyl adjacent to an activating group) is 1. The zero-order valence-electron chi connectivity index (χ0n) is 23.3. The van der Waals surface area contributed by atoms with Crippen molar-refractivity contribution in [2.24, 2.45) is 11.8 Å². The molecule has 40 heavy (non-hydrogen) atoms. The highest BCUT2D eigenvalue weighted by molar-refractivity contribution is 5.99. The van der Waals surface area contributed by atoms with Crippen molar-refractivity contribution in [1.29, 1.82) is 0 Å². The fourth-order valence-electron chi connectivity index (χ4n) is 7.04. The van der Waals surface area contributed by atoms with Gasteiger partial charge in [-0.1, -0.05) is 43.2 Å². The molecular weight excluding hydrogens is 504 g/mol. The van der Waals surface area contributed by atoms with Crippen LogP contribution in [0.3, 0.4) is 0 Å². The van der Waals surface area contributed by atoms with Crippen LogP contribution >= 0.6 is 0 Å². The summed E-state index contributed by atoms with van der Waals surface area (Å²) in [4.78, 5) is 46.9. The molecule has 0 bridgehead atoms. The van der Waals surface area contributed by atoms with E-state index in [0.717, 1.165) is 64.0 Å². The molecule has 4 atom stereocenters. The minimum atomic E-state index is -0.642. The second kappa shape index (κ2) is 11.7. The van der Waals surface area contributed by atoms with E-state index in [4.69, 9.17) is 4.74 Å². The van der Waals surface area contributed by atoms with E-state index in [9.17, 15) is 14.4 Å². The van der Waals surface area contributed by atoms with E-state index in [-0.39, 0.29) is 42.1 Å². The summed E-state index contributed by atoms with van der Waals surface area (Å²) >= 11 is 0. The number of benzene rings is 2. The Morgan fingerprint density at radius 1 is 0.975 bits per heavy atom. The molecule has 4 aliphatic rings. The molecule has 0 aromatic heterocycles. The summed E-state index contributed by atoms with van der Waals surface area (Å²) in [6, 6.07) is 16.7. The minimum Gasteiger partial charge on any atom is -0.369 e. The lowest BCUT2D eigenvalue weighted by atomic mass is 9.94. The van der Waals surface area contributed by atoms with Crippen LogP contribution in [0.25, 0.3) is 0 Å². The third-order valence-corrected chi connectivity index (χ3v) is 9.34. The normalized spacial score (nSPS) is 26.2. The average molecular weight is 545 g/mol. The number of amides is 2. The Bertz CT molecular complexity index is 1210. The van der Waals surface area contributed by atoms with Crippen LogP contribution in [-0.2, 0) is 20.7 Å². The first-order valence-electron chi connectivity index (χ1n) is 14.8. The molecule has 3 aliphatic heterocycles. The Kier molecular flexibility index (Phi) is 7.89. The van der Waals surface area contributed by atoms with Gasteiger partial charge in [-0.3, -0.25) is 14.4 Å². The van der Waals surface area contributed by atoms with Crippen LogP contribution in [0, 0.1) is 11.8 Å². The molecule has 2 aromatic carbocycles. The van der Waals surface area contributed by atoms with Crippen LogP contribution < -0.4 is 10.2 Å². The molecule has 0 spiro atoms. The summed E-state index contributed by atoms with van der Waals surface area (Å²) in [5.41, 5.74) is 2.83. The molecule has 8 nitrogen and oxygen atoms in total. The molecule has 3 heterocycles. The number of carbonyl (C=O) groups is 3. The Morgan fingerprint density at radius 3 is 2.38 bits per heavy atom. The van der Waals surface area contributed by atoms with Gasteiger partial charge in [0.05, 0.1) is 6.10 Å². The van der Waals surface area contributed by atoms with E-state index in [2.05, 4.69) is 34.3 Å². The molecule has 0 radical (unpaired) electrons. The Hall–Kier alpha value is -3.23. The number of piperazine rings is 1. The fraction of sp³-hybridized carbons (Fsp3) is 0.531. The lowest BCUT2D eigenvalue weighted by Gasteiger charge is -2.34. The lowest BCUT2D eigenvalue weighted by molar-refractivity contribution is -0.139. The number of nitrogens with one attached hydrogen (secondary N) is 1. The Labute approximate surface area is 236 Å². The number of hydrogen-bond donors (Lipinski definition) is 1. The molecule has 1 N–H and O–H groups in total. The summed E-state index contributed by atoms with van der Waals surface area (Å²) < 4.78 is 5.94. The second-order valence-electron chi connectivity index (χ2n) is 12.0. The number of anilines is 1. The van der Waals surface area contributed by atoms with Gasteiger partial charge in [-0.05, 0) is 62.1 Å². The van der Waals surface area contributed by atoms with Crippen molar-refractivity contribution in [2.75, 3.05) is 51.3 Å². The molecule has 1 unspecified atom stereocenters. The monoisotopic (exact) mass is 544 g/mol. The maximum Gasteiger partial charge on any atom is 0.251 e. The predicted octanol–water partition coefficient (Wildman–Crippen LogP) is 2.76. The van der Waals surface area contributed by atoms with Gasteiger partial charge in [0.25, 0.3) is 5.91 Å². The number of likely N-dealkylation sites (tertiary alicyclic amines) is 1. The van der Waals surface area contributed by atoms with Crippen molar-refractivity contribution in [2.45, 2.75) is 50.3 Å². The van der Waals surface area contributed by atoms with E-state index in [0.29, 0.717) is 12.1 Å². The number of ketones is 1. The van der Waals surface area contributed by atoms with Crippen molar-refractivity contribution in [3.05, 3.63) is 65.7 Å². The number of nitrogens with zero attached hydrogens (tertiary/aromatic N) is 3. The molecule has 2 aromatic rings. The third-order valence-electron chi connectivity index (χ3n) is 9.34. The van der Waals surface area contributed by atoms with E-state index >= 15 is 0 Å². The highest BCUT2D eigenvalue weighted by Crippen LogP contribution is 2.36. The number of carbonyl (C=O) groups excluding carboxylic acids is 3. The predicted molar refractivity (Wildman–Crippen MR) is 153 cm³/mol. The van der Waals surface area contributed by atoms with Crippen LogP contribution in [0.15, 0.2) is 54.6 Å². The van der Waals surface area contributed by atoms with E-state index in [1.165, 1.54) is 5.56 Å². The molecule has 1 saturated carbocycles. The molecule has 4 fully saturated rings. The lowest BCUT2D eigenvalue weighted by Crippen LogP contribution is -2.54. The highest BCUT2D eigenvalue weighted by atomic mass is 16.5. The average Bonchev–Trinajstić information content (AvgIpc) is 3.72. The third kappa shape index (κ3) is 5.52. The molecule has 8 heteroatoms. The summed E-state index contributed by atoms with van der Waals surface area (Å²) in [6.07, 6.45) is 4.36. The molecule has 3 saturated heterocycles. The zero-order valence-corrected chi connectivity index (χ0v) is 23.3. The van der Waals surface area contributed by atoms with Crippen LogP contribution in [0.4, 0.5) is 5.69 Å². The van der Waals surface area contributed by atoms with Gasteiger partial charge in [0.1, 0.15) is 18.7 Å². The van der Waals surface area contributed by atoms with Gasteiger partial charge in [-0.15, -0.1) is 0 Å². The van der Waals surface area contributed by atoms with Crippen LogP contribution in [0.2, 0.25) is 0 Å².